The second-order valence-electron chi connectivity index (χ2n) is 11.6. The van der Waals surface area contributed by atoms with E-state index >= 15 is 0 Å². The third kappa shape index (κ3) is 6.06. The molecule has 3 rings (SSSR count). The maximum atomic E-state index is 10.4. The summed E-state index contributed by atoms with van der Waals surface area (Å²) < 4.78 is 0. The molecule has 3 nitrogen and oxygen atoms in total. The molecule has 0 saturated heterocycles. The number of para-hydroxylation sites is 1. The van der Waals surface area contributed by atoms with Gasteiger partial charge in [0, 0.05) is 16.9 Å². The fraction of sp³-hybridized carbons (Fsp3) is 0.455. The van der Waals surface area contributed by atoms with Crippen LogP contribution in [-0.4, -0.2) is 5.11 Å². The molecule has 0 saturated carbocycles. The maximum absolute atomic E-state index is 10.4. The average Bonchev–Trinajstić information content (AvgIpc) is 2.80. The van der Waals surface area contributed by atoms with E-state index in [1.54, 1.807) is 6.07 Å². The second kappa shape index (κ2) is 11.4. The minimum Gasteiger partial charge on any atom is -0.508 e. The Hall–Kier alpha value is -2.94. The van der Waals surface area contributed by atoms with Crippen LogP contribution in [0.1, 0.15) is 131 Å². The summed E-state index contributed by atoms with van der Waals surface area (Å²) in [6.07, 6.45) is 0.883. The Morgan fingerprint density at radius 2 is 1.06 bits per heavy atom. The monoisotopic (exact) mass is 486 g/mol. The topological polar surface area (TPSA) is 58.3 Å². The Balaban J connectivity index is 2.08. The molecule has 0 radical (unpaired) electrons. The number of hydrogen-bond donors (Lipinski definition) is 3. The third-order valence-electron chi connectivity index (χ3n) is 7.22. The van der Waals surface area contributed by atoms with Gasteiger partial charge in [0.15, 0.2) is 0 Å². The standard InChI is InChI=1S/C33H46N2O/c1-19(2)27-15-24(16-28(20(3)4)32(27)34)14-25-17-29(21(5)6)33(30(18-25)22(7)8)35-23(9)26-12-10-11-13-31(26)36/h10-13,15-23,35-36H,14,34H2,1-9H3. The number of aromatic hydroxyl groups is 1. The number of nitrogen functional groups attached to an aromatic ring is 1. The van der Waals surface area contributed by atoms with Crippen molar-refractivity contribution in [2.75, 3.05) is 11.1 Å². The van der Waals surface area contributed by atoms with Crippen LogP contribution in [0.2, 0.25) is 0 Å². The van der Waals surface area contributed by atoms with E-state index in [2.05, 4.69) is 91.9 Å². The highest BCUT2D eigenvalue weighted by Gasteiger charge is 2.20. The summed E-state index contributed by atoms with van der Waals surface area (Å²) in [4.78, 5) is 0. The molecule has 0 bridgehead atoms. The van der Waals surface area contributed by atoms with Crippen molar-refractivity contribution in [2.24, 2.45) is 0 Å². The Morgan fingerprint density at radius 3 is 1.47 bits per heavy atom. The number of nitrogens with two attached hydrogens (primary N) is 1. The zero-order valence-corrected chi connectivity index (χ0v) is 23.7. The molecule has 4 N–H and O–H groups in total. The van der Waals surface area contributed by atoms with Crippen molar-refractivity contribution in [1.82, 2.24) is 0 Å². The lowest BCUT2D eigenvalue weighted by Gasteiger charge is -2.26. The van der Waals surface area contributed by atoms with E-state index in [1.165, 1.54) is 39.1 Å². The fourth-order valence-corrected chi connectivity index (χ4v) is 5.14. The molecule has 194 valence electrons. The number of phenols is 1. The Bertz CT molecular complexity index is 1130. The summed E-state index contributed by atoms with van der Waals surface area (Å²) in [5.41, 5.74) is 17.4. The fourth-order valence-electron chi connectivity index (χ4n) is 5.14. The van der Waals surface area contributed by atoms with Gasteiger partial charge in [0.1, 0.15) is 5.75 Å². The predicted molar refractivity (Wildman–Crippen MR) is 157 cm³/mol. The first kappa shape index (κ1) is 27.6. The van der Waals surface area contributed by atoms with Crippen LogP contribution in [0.3, 0.4) is 0 Å². The van der Waals surface area contributed by atoms with Crippen LogP contribution in [0.4, 0.5) is 11.4 Å². The summed E-state index contributed by atoms with van der Waals surface area (Å²) in [6, 6.07) is 16.9. The Kier molecular flexibility index (Phi) is 8.76. The first-order valence-electron chi connectivity index (χ1n) is 13.5. The molecule has 3 heteroatoms. The highest BCUT2D eigenvalue weighted by molar-refractivity contribution is 5.64. The van der Waals surface area contributed by atoms with E-state index in [0.29, 0.717) is 29.4 Å². The number of phenolic OH excluding ortho intramolecular Hbond substituents is 1. The Morgan fingerprint density at radius 1 is 0.639 bits per heavy atom. The minimum atomic E-state index is -0.00801. The Labute approximate surface area is 219 Å². The number of rotatable bonds is 9. The molecule has 3 aromatic carbocycles. The van der Waals surface area contributed by atoms with Gasteiger partial charge in [0.25, 0.3) is 0 Å². The van der Waals surface area contributed by atoms with Crippen LogP contribution in [0, 0.1) is 0 Å². The van der Waals surface area contributed by atoms with Crippen molar-refractivity contribution in [1.29, 1.82) is 0 Å². The van der Waals surface area contributed by atoms with Crippen LogP contribution < -0.4 is 11.1 Å². The van der Waals surface area contributed by atoms with E-state index in [9.17, 15) is 5.11 Å². The maximum Gasteiger partial charge on any atom is 0.120 e. The predicted octanol–water partition coefficient (Wildman–Crippen LogP) is 9.23. The number of benzene rings is 3. The smallest absolute Gasteiger partial charge is 0.120 e. The van der Waals surface area contributed by atoms with Crippen molar-refractivity contribution < 1.29 is 5.11 Å². The van der Waals surface area contributed by atoms with Crippen molar-refractivity contribution in [3.05, 3.63) is 87.5 Å². The molecule has 0 amide bonds. The summed E-state index contributed by atoms with van der Waals surface area (Å²) >= 11 is 0. The zero-order valence-electron chi connectivity index (χ0n) is 23.7. The van der Waals surface area contributed by atoms with Gasteiger partial charge >= 0.3 is 0 Å². The van der Waals surface area contributed by atoms with E-state index in [0.717, 1.165) is 17.7 Å². The van der Waals surface area contributed by atoms with E-state index in [4.69, 9.17) is 5.73 Å². The summed E-state index contributed by atoms with van der Waals surface area (Å²) in [6.45, 7) is 20.0. The van der Waals surface area contributed by atoms with Gasteiger partial charge in [-0.05, 0) is 76.5 Å². The van der Waals surface area contributed by atoms with Gasteiger partial charge in [-0.15, -0.1) is 0 Å². The summed E-state index contributed by atoms with van der Waals surface area (Å²) in [5.74, 6) is 1.84. The molecular formula is C33H46N2O. The molecule has 0 heterocycles. The van der Waals surface area contributed by atoms with Gasteiger partial charge in [-0.1, -0.05) is 97.9 Å². The van der Waals surface area contributed by atoms with E-state index in [-0.39, 0.29) is 6.04 Å². The van der Waals surface area contributed by atoms with Crippen LogP contribution in [0.15, 0.2) is 48.5 Å². The van der Waals surface area contributed by atoms with E-state index < -0.39 is 0 Å². The van der Waals surface area contributed by atoms with Gasteiger partial charge < -0.3 is 16.2 Å². The molecule has 0 aromatic heterocycles. The second-order valence-corrected chi connectivity index (χ2v) is 11.6. The lowest BCUT2D eigenvalue weighted by Crippen LogP contribution is -2.13. The van der Waals surface area contributed by atoms with Crippen molar-refractivity contribution >= 4 is 11.4 Å². The van der Waals surface area contributed by atoms with Crippen molar-refractivity contribution in [3.8, 4) is 5.75 Å². The molecule has 3 aromatic rings. The molecule has 1 unspecified atom stereocenters. The van der Waals surface area contributed by atoms with Gasteiger partial charge in [0.2, 0.25) is 0 Å². The molecule has 0 spiro atoms. The molecule has 0 fully saturated rings. The highest BCUT2D eigenvalue weighted by atomic mass is 16.3. The van der Waals surface area contributed by atoms with Crippen LogP contribution in [0.5, 0.6) is 5.75 Å². The molecule has 1 atom stereocenters. The number of anilines is 2. The normalized spacial score (nSPS) is 12.7. The first-order valence-corrected chi connectivity index (χ1v) is 13.5. The average molecular weight is 487 g/mol. The van der Waals surface area contributed by atoms with E-state index in [1.807, 2.05) is 18.2 Å². The van der Waals surface area contributed by atoms with Gasteiger partial charge in [-0.2, -0.15) is 0 Å². The lowest BCUT2D eigenvalue weighted by atomic mass is 9.86. The van der Waals surface area contributed by atoms with Gasteiger partial charge in [0.05, 0.1) is 6.04 Å². The van der Waals surface area contributed by atoms with Crippen LogP contribution in [0.25, 0.3) is 0 Å². The largest absolute Gasteiger partial charge is 0.508 e. The minimum absolute atomic E-state index is 0.00801. The van der Waals surface area contributed by atoms with Crippen LogP contribution in [-0.2, 0) is 6.42 Å². The highest BCUT2D eigenvalue weighted by Crippen LogP contribution is 2.38. The van der Waals surface area contributed by atoms with Crippen LogP contribution >= 0.6 is 0 Å². The quantitative estimate of drug-likeness (QED) is 0.264. The lowest BCUT2D eigenvalue weighted by molar-refractivity contribution is 0.465. The number of nitrogens with one attached hydrogen (secondary N) is 1. The molecule has 0 aliphatic heterocycles. The zero-order chi connectivity index (χ0) is 26.7. The molecular weight excluding hydrogens is 440 g/mol. The molecule has 0 aliphatic carbocycles. The molecule has 0 aliphatic rings. The SMILES string of the molecule is CC(C)c1cc(Cc2cc(C(C)C)c(NC(C)c3ccccc3O)c(C(C)C)c2)cc(C(C)C)c1N. The molecule has 36 heavy (non-hydrogen) atoms. The van der Waals surface area contributed by atoms with Gasteiger partial charge in [-0.3, -0.25) is 0 Å². The van der Waals surface area contributed by atoms with Gasteiger partial charge in [-0.25, -0.2) is 0 Å². The number of hydrogen-bond acceptors (Lipinski definition) is 3. The third-order valence-corrected chi connectivity index (χ3v) is 7.22. The summed E-state index contributed by atoms with van der Waals surface area (Å²) in [5, 5.41) is 14.2. The van der Waals surface area contributed by atoms with Crippen molar-refractivity contribution in [2.45, 2.75) is 98.4 Å². The summed E-state index contributed by atoms with van der Waals surface area (Å²) in [7, 11) is 0. The van der Waals surface area contributed by atoms with Crippen molar-refractivity contribution in [3.63, 3.8) is 0 Å². The first-order chi connectivity index (χ1) is 16.9.